The quantitative estimate of drug-likeness (QED) is 0.629. The molecule has 0 aliphatic rings. The number of carbonyl (C=O) groups excluding carboxylic acids is 2. The van der Waals surface area contributed by atoms with E-state index in [1.54, 1.807) is 24.3 Å². The van der Waals surface area contributed by atoms with Crippen LogP contribution in [0.4, 0.5) is 0 Å². The summed E-state index contributed by atoms with van der Waals surface area (Å²) in [6, 6.07) is 14.5. The Morgan fingerprint density at radius 1 is 1.17 bits per heavy atom. The third-order valence-electron chi connectivity index (χ3n) is 3.49. The van der Waals surface area contributed by atoms with E-state index < -0.39 is 0 Å². The largest absolute Gasteiger partial charge is 0.492 e. The SMILES string of the molecule is CC(C)c1cccc(OCCNC(=O)c2ccc(C=O)cc2)c1. The van der Waals surface area contributed by atoms with Crippen LogP contribution < -0.4 is 10.1 Å². The van der Waals surface area contributed by atoms with Gasteiger partial charge in [0.25, 0.3) is 5.91 Å². The molecule has 2 aromatic rings. The fourth-order valence-corrected chi connectivity index (χ4v) is 2.11. The first-order valence-electron chi connectivity index (χ1n) is 7.66. The van der Waals surface area contributed by atoms with Crippen LogP contribution in [0.2, 0.25) is 0 Å². The van der Waals surface area contributed by atoms with Crippen molar-refractivity contribution in [2.45, 2.75) is 19.8 Å². The molecule has 0 spiro atoms. The second-order valence-electron chi connectivity index (χ2n) is 5.57. The minimum atomic E-state index is -0.179. The van der Waals surface area contributed by atoms with Crippen molar-refractivity contribution in [1.82, 2.24) is 5.32 Å². The maximum atomic E-state index is 11.9. The molecule has 0 saturated carbocycles. The summed E-state index contributed by atoms with van der Waals surface area (Å²) in [5, 5.41) is 2.79. The number of hydrogen-bond acceptors (Lipinski definition) is 3. The number of rotatable bonds is 7. The number of benzene rings is 2. The monoisotopic (exact) mass is 311 g/mol. The van der Waals surface area contributed by atoms with Crippen LogP contribution in [-0.2, 0) is 0 Å². The van der Waals surface area contributed by atoms with E-state index >= 15 is 0 Å². The molecule has 0 atom stereocenters. The van der Waals surface area contributed by atoms with Crippen LogP contribution in [0.1, 0.15) is 46.0 Å². The highest BCUT2D eigenvalue weighted by Crippen LogP contribution is 2.19. The predicted octanol–water partition coefficient (Wildman–Crippen LogP) is 3.43. The Hall–Kier alpha value is -2.62. The summed E-state index contributed by atoms with van der Waals surface area (Å²) >= 11 is 0. The lowest BCUT2D eigenvalue weighted by atomic mass is 10.0. The summed E-state index contributed by atoms with van der Waals surface area (Å²) in [7, 11) is 0. The Bertz CT molecular complexity index is 663. The van der Waals surface area contributed by atoms with Crippen LogP contribution in [0, 0.1) is 0 Å². The molecule has 0 aliphatic carbocycles. The number of nitrogens with one attached hydrogen (secondary N) is 1. The molecule has 1 N–H and O–H groups in total. The Balaban J connectivity index is 1.79. The van der Waals surface area contributed by atoms with Gasteiger partial charge < -0.3 is 10.1 Å². The van der Waals surface area contributed by atoms with Gasteiger partial charge in [0.2, 0.25) is 0 Å². The summed E-state index contributed by atoms with van der Waals surface area (Å²) < 4.78 is 5.66. The van der Waals surface area contributed by atoms with E-state index in [2.05, 4.69) is 25.2 Å². The van der Waals surface area contributed by atoms with Crippen molar-refractivity contribution in [2.24, 2.45) is 0 Å². The van der Waals surface area contributed by atoms with Crippen molar-refractivity contribution in [3.63, 3.8) is 0 Å². The smallest absolute Gasteiger partial charge is 0.251 e. The number of aldehydes is 1. The molecule has 0 unspecified atom stereocenters. The number of ether oxygens (including phenoxy) is 1. The highest BCUT2D eigenvalue weighted by atomic mass is 16.5. The molecule has 2 aromatic carbocycles. The van der Waals surface area contributed by atoms with Gasteiger partial charge in [-0.05, 0) is 35.7 Å². The average Bonchev–Trinajstić information content (AvgIpc) is 2.59. The summed E-state index contributed by atoms with van der Waals surface area (Å²) in [6.07, 6.45) is 0.751. The van der Waals surface area contributed by atoms with Gasteiger partial charge in [-0.1, -0.05) is 38.1 Å². The molecule has 4 nitrogen and oxygen atoms in total. The van der Waals surface area contributed by atoms with Gasteiger partial charge in [0.15, 0.2) is 0 Å². The molecule has 0 aliphatic heterocycles. The van der Waals surface area contributed by atoms with Crippen molar-refractivity contribution in [3.8, 4) is 5.75 Å². The zero-order chi connectivity index (χ0) is 16.7. The summed E-state index contributed by atoms with van der Waals surface area (Å²) in [6.45, 7) is 5.09. The predicted molar refractivity (Wildman–Crippen MR) is 90.2 cm³/mol. The molecule has 0 bridgehead atoms. The van der Waals surface area contributed by atoms with Gasteiger partial charge in [0.05, 0.1) is 6.54 Å². The van der Waals surface area contributed by atoms with E-state index in [1.807, 2.05) is 18.2 Å². The van der Waals surface area contributed by atoms with Gasteiger partial charge in [-0.25, -0.2) is 0 Å². The van der Waals surface area contributed by atoms with Crippen molar-refractivity contribution < 1.29 is 14.3 Å². The van der Waals surface area contributed by atoms with E-state index in [0.717, 1.165) is 12.0 Å². The van der Waals surface area contributed by atoms with E-state index in [-0.39, 0.29) is 5.91 Å². The number of amides is 1. The molecule has 4 heteroatoms. The third kappa shape index (κ3) is 4.95. The highest BCUT2D eigenvalue weighted by molar-refractivity contribution is 5.94. The van der Waals surface area contributed by atoms with Gasteiger partial charge in [0, 0.05) is 11.1 Å². The molecule has 1 amide bonds. The molecule has 23 heavy (non-hydrogen) atoms. The molecule has 0 fully saturated rings. The van der Waals surface area contributed by atoms with E-state index in [0.29, 0.717) is 30.2 Å². The summed E-state index contributed by atoms with van der Waals surface area (Å²) in [5.41, 5.74) is 2.30. The Morgan fingerprint density at radius 2 is 1.91 bits per heavy atom. The van der Waals surface area contributed by atoms with Crippen LogP contribution in [-0.4, -0.2) is 25.3 Å². The lowest BCUT2D eigenvalue weighted by Crippen LogP contribution is -2.28. The minimum Gasteiger partial charge on any atom is -0.492 e. The normalized spacial score (nSPS) is 10.4. The molecular weight excluding hydrogens is 290 g/mol. The van der Waals surface area contributed by atoms with Gasteiger partial charge in [-0.15, -0.1) is 0 Å². The standard InChI is InChI=1S/C19H21NO3/c1-14(2)17-4-3-5-18(12-17)23-11-10-20-19(22)16-8-6-15(13-21)7-9-16/h3-9,12-14H,10-11H2,1-2H3,(H,20,22). The Labute approximate surface area is 136 Å². The second kappa shape index (κ2) is 8.13. The first-order valence-corrected chi connectivity index (χ1v) is 7.66. The number of hydrogen-bond donors (Lipinski definition) is 1. The molecule has 0 heterocycles. The molecule has 120 valence electrons. The van der Waals surface area contributed by atoms with Crippen LogP contribution in [0.15, 0.2) is 48.5 Å². The molecule has 0 radical (unpaired) electrons. The molecule has 2 rings (SSSR count). The topological polar surface area (TPSA) is 55.4 Å². The van der Waals surface area contributed by atoms with Crippen LogP contribution in [0.5, 0.6) is 5.75 Å². The van der Waals surface area contributed by atoms with E-state index in [9.17, 15) is 9.59 Å². The Morgan fingerprint density at radius 3 is 2.57 bits per heavy atom. The maximum absolute atomic E-state index is 11.9. The average molecular weight is 311 g/mol. The van der Waals surface area contributed by atoms with E-state index in [1.165, 1.54) is 5.56 Å². The summed E-state index contributed by atoms with van der Waals surface area (Å²) in [5.74, 6) is 1.08. The van der Waals surface area contributed by atoms with Crippen molar-refractivity contribution in [3.05, 3.63) is 65.2 Å². The lowest BCUT2D eigenvalue weighted by molar-refractivity contribution is 0.0946. The van der Waals surface area contributed by atoms with Gasteiger partial charge in [0.1, 0.15) is 18.6 Å². The molecular formula is C19H21NO3. The first kappa shape index (κ1) is 16.7. The zero-order valence-electron chi connectivity index (χ0n) is 13.4. The molecule has 0 aromatic heterocycles. The van der Waals surface area contributed by atoms with Crippen molar-refractivity contribution in [2.75, 3.05) is 13.2 Å². The maximum Gasteiger partial charge on any atom is 0.251 e. The lowest BCUT2D eigenvalue weighted by Gasteiger charge is -2.10. The van der Waals surface area contributed by atoms with Crippen LogP contribution in [0.3, 0.4) is 0 Å². The van der Waals surface area contributed by atoms with E-state index in [4.69, 9.17) is 4.74 Å². The minimum absolute atomic E-state index is 0.179. The highest BCUT2D eigenvalue weighted by Gasteiger charge is 2.05. The first-order chi connectivity index (χ1) is 11.1. The fraction of sp³-hybridized carbons (Fsp3) is 0.263. The van der Waals surface area contributed by atoms with Gasteiger partial charge in [-0.2, -0.15) is 0 Å². The van der Waals surface area contributed by atoms with Gasteiger partial charge in [-0.3, -0.25) is 9.59 Å². The number of carbonyl (C=O) groups is 2. The second-order valence-corrected chi connectivity index (χ2v) is 5.57. The zero-order valence-corrected chi connectivity index (χ0v) is 13.4. The fourth-order valence-electron chi connectivity index (χ4n) is 2.11. The Kier molecular flexibility index (Phi) is 5.92. The third-order valence-corrected chi connectivity index (χ3v) is 3.49. The summed E-state index contributed by atoms with van der Waals surface area (Å²) in [4.78, 5) is 22.5. The van der Waals surface area contributed by atoms with Crippen molar-refractivity contribution >= 4 is 12.2 Å². The van der Waals surface area contributed by atoms with Crippen LogP contribution in [0.25, 0.3) is 0 Å². The van der Waals surface area contributed by atoms with Crippen LogP contribution >= 0.6 is 0 Å². The van der Waals surface area contributed by atoms with Crippen molar-refractivity contribution in [1.29, 1.82) is 0 Å². The van der Waals surface area contributed by atoms with Gasteiger partial charge >= 0.3 is 0 Å². The molecule has 0 saturated heterocycles.